The van der Waals surface area contributed by atoms with E-state index in [0.29, 0.717) is 0 Å². The molecule has 5 heteroatoms. The number of aromatic nitrogens is 2. The molecule has 6 aromatic carbocycles. The second-order valence-corrected chi connectivity index (χ2v) is 12.7. The lowest BCUT2D eigenvalue weighted by Gasteiger charge is -2.26. The van der Waals surface area contributed by atoms with Crippen LogP contribution in [0.4, 0.5) is 17.1 Å². The number of hydrogen-bond donors (Lipinski definition) is 0. The minimum atomic E-state index is 0.778. The first-order valence-corrected chi connectivity index (χ1v) is 17.0. The number of para-hydroxylation sites is 2. The largest absolute Gasteiger partial charge is 0.456 e. The smallest absolute Gasteiger partial charge is 0.153 e. The zero-order valence-corrected chi connectivity index (χ0v) is 27.4. The van der Waals surface area contributed by atoms with Gasteiger partial charge >= 0.3 is 0 Å². The Balaban J connectivity index is 1.13. The lowest BCUT2D eigenvalue weighted by atomic mass is 10.0. The fourth-order valence-corrected chi connectivity index (χ4v) is 7.10. The van der Waals surface area contributed by atoms with E-state index in [2.05, 4.69) is 132 Å². The number of anilines is 3. The lowest BCUT2D eigenvalue weighted by Crippen LogP contribution is -2.10. The molecule has 0 fully saturated rings. The summed E-state index contributed by atoms with van der Waals surface area (Å²) in [6.07, 6.45) is 3.71. The summed E-state index contributed by atoms with van der Waals surface area (Å²) >= 11 is 0. The van der Waals surface area contributed by atoms with Gasteiger partial charge in [0.25, 0.3) is 0 Å². The Morgan fingerprint density at radius 1 is 0.353 bits per heavy atom. The van der Waals surface area contributed by atoms with Gasteiger partial charge in [0.1, 0.15) is 16.7 Å². The van der Waals surface area contributed by atoms with Crippen LogP contribution in [0.5, 0.6) is 0 Å². The SMILES string of the molecule is c1ccc(-c2ccnc(-c3cccc(N(c4cccc(-c5cc6c(cn5)oc5ccccc56)c4)c4ccc5oc6ccccc6c5c4)c3)c2)cc1. The summed E-state index contributed by atoms with van der Waals surface area (Å²) in [7, 11) is 0. The number of fused-ring (bicyclic) bond motifs is 6. The minimum absolute atomic E-state index is 0.778. The maximum atomic E-state index is 6.22. The Bertz CT molecular complexity index is 2890. The van der Waals surface area contributed by atoms with E-state index in [-0.39, 0.29) is 0 Å². The van der Waals surface area contributed by atoms with Crippen LogP contribution in [0, 0.1) is 0 Å². The van der Waals surface area contributed by atoms with Crippen molar-refractivity contribution in [2.24, 2.45) is 0 Å². The maximum Gasteiger partial charge on any atom is 0.153 e. The minimum Gasteiger partial charge on any atom is -0.456 e. The molecule has 0 radical (unpaired) electrons. The second-order valence-electron chi connectivity index (χ2n) is 12.7. The van der Waals surface area contributed by atoms with Crippen LogP contribution < -0.4 is 4.90 Å². The van der Waals surface area contributed by atoms with E-state index in [9.17, 15) is 0 Å². The van der Waals surface area contributed by atoms with Gasteiger partial charge in [-0.1, -0.05) is 91.0 Å². The van der Waals surface area contributed by atoms with Gasteiger partial charge in [0.15, 0.2) is 5.58 Å². The molecule has 0 N–H and O–H groups in total. The van der Waals surface area contributed by atoms with E-state index >= 15 is 0 Å². The fraction of sp³-hybridized carbons (Fsp3) is 0. The number of hydrogen-bond acceptors (Lipinski definition) is 5. The molecular weight excluding hydrogens is 627 g/mol. The monoisotopic (exact) mass is 655 g/mol. The molecule has 0 aliphatic rings. The lowest BCUT2D eigenvalue weighted by molar-refractivity contribution is 0.667. The van der Waals surface area contributed by atoms with Crippen LogP contribution in [0.2, 0.25) is 0 Å². The molecule has 0 spiro atoms. The van der Waals surface area contributed by atoms with Crippen molar-refractivity contribution in [1.29, 1.82) is 0 Å². The predicted octanol–water partition coefficient (Wildman–Crippen LogP) is 12.7. The standard InChI is InChI=1S/C46H29N3O2/c1-2-10-30(11-3-1)31-22-23-47-41(26-31)32-12-8-14-34(24-32)49(36-20-21-45-39(27-36)37-16-4-6-18-43(37)50-45)35-15-9-13-33(25-35)42-28-40-38-17-5-7-19-44(38)51-46(40)29-48-42/h1-29H. The number of furan rings is 2. The molecule has 0 bridgehead atoms. The molecule has 0 saturated heterocycles. The van der Waals surface area contributed by atoms with E-state index in [1.165, 1.54) is 0 Å². The fourth-order valence-electron chi connectivity index (χ4n) is 7.10. The highest BCUT2D eigenvalue weighted by molar-refractivity contribution is 6.07. The Hall–Kier alpha value is -6.98. The molecule has 0 aliphatic carbocycles. The number of nitrogens with zero attached hydrogens (tertiary/aromatic N) is 3. The molecule has 51 heavy (non-hydrogen) atoms. The van der Waals surface area contributed by atoms with Crippen molar-refractivity contribution < 1.29 is 8.83 Å². The second kappa shape index (κ2) is 11.9. The van der Waals surface area contributed by atoms with Crippen LogP contribution >= 0.6 is 0 Å². The van der Waals surface area contributed by atoms with Crippen LogP contribution in [-0.2, 0) is 0 Å². The highest BCUT2D eigenvalue weighted by Crippen LogP contribution is 2.41. The molecule has 0 aliphatic heterocycles. The molecule has 10 aromatic rings. The summed E-state index contributed by atoms with van der Waals surface area (Å²) in [5, 5.41) is 4.28. The van der Waals surface area contributed by atoms with Crippen molar-refractivity contribution >= 4 is 60.9 Å². The molecular formula is C46H29N3O2. The summed E-state index contributed by atoms with van der Waals surface area (Å²) in [6.45, 7) is 0. The Kier molecular flexibility index (Phi) is 6.74. The van der Waals surface area contributed by atoms with Gasteiger partial charge < -0.3 is 13.7 Å². The third-order valence-corrected chi connectivity index (χ3v) is 9.55. The van der Waals surface area contributed by atoms with Crippen molar-refractivity contribution in [3.63, 3.8) is 0 Å². The third-order valence-electron chi connectivity index (χ3n) is 9.55. The Morgan fingerprint density at radius 3 is 1.65 bits per heavy atom. The molecule has 10 rings (SSSR count). The molecule has 4 heterocycles. The van der Waals surface area contributed by atoms with E-state index in [1.807, 2.05) is 48.8 Å². The van der Waals surface area contributed by atoms with Crippen LogP contribution in [0.25, 0.3) is 77.5 Å². The first-order valence-electron chi connectivity index (χ1n) is 17.0. The van der Waals surface area contributed by atoms with Gasteiger partial charge in [-0.15, -0.1) is 0 Å². The van der Waals surface area contributed by atoms with Gasteiger partial charge in [-0.3, -0.25) is 9.97 Å². The summed E-state index contributed by atoms with van der Waals surface area (Å²) in [4.78, 5) is 11.9. The van der Waals surface area contributed by atoms with Crippen molar-refractivity contribution in [3.05, 3.63) is 176 Å². The van der Waals surface area contributed by atoms with Crippen molar-refractivity contribution in [3.8, 4) is 33.6 Å². The van der Waals surface area contributed by atoms with Crippen LogP contribution in [0.3, 0.4) is 0 Å². The first-order chi connectivity index (χ1) is 25.2. The number of benzene rings is 6. The van der Waals surface area contributed by atoms with Gasteiger partial charge in [-0.25, -0.2) is 0 Å². The van der Waals surface area contributed by atoms with Crippen LogP contribution in [-0.4, -0.2) is 9.97 Å². The zero-order valence-electron chi connectivity index (χ0n) is 27.4. The van der Waals surface area contributed by atoms with Crippen LogP contribution in [0.1, 0.15) is 0 Å². The Labute approximate surface area is 293 Å². The number of pyridine rings is 2. The summed E-state index contributed by atoms with van der Waals surface area (Å²) in [5.41, 5.74) is 12.5. The summed E-state index contributed by atoms with van der Waals surface area (Å²) < 4.78 is 12.3. The molecule has 0 saturated carbocycles. The summed E-state index contributed by atoms with van der Waals surface area (Å²) in [6, 6.07) is 56.6. The summed E-state index contributed by atoms with van der Waals surface area (Å²) in [5.74, 6) is 0. The third kappa shape index (κ3) is 5.11. The predicted molar refractivity (Wildman–Crippen MR) is 208 cm³/mol. The number of rotatable bonds is 6. The maximum absolute atomic E-state index is 6.22. The van der Waals surface area contributed by atoms with Crippen molar-refractivity contribution in [2.75, 3.05) is 4.90 Å². The van der Waals surface area contributed by atoms with E-state index in [1.54, 1.807) is 0 Å². The van der Waals surface area contributed by atoms with Crippen LogP contribution in [0.15, 0.2) is 185 Å². The van der Waals surface area contributed by atoms with E-state index in [4.69, 9.17) is 18.8 Å². The van der Waals surface area contributed by atoms with E-state index < -0.39 is 0 Å². The Morgan fingerprint density at radius 2 is 0.922 bits per heavy atom. The van der Waals surface area contributed by atoms with Gasteiger partial charge in [0.2, 0.25) is 0 Å². The average Bonchev–Trinajstić information content (AvgIpc) is 3.76. The zero-order chi connectivity index (χ0) is 33.7. The quantitative estimate of drug-likeness (QED) is 0.178. The first kappa shape index (κ1) is 29.0. The van der Waals surface area contributed by atoms with Gasteiger partial charge in [0.05, 0.1) is 17.6 Å². The van der Waals surface area contributed by atoms with E-state index in [0.717, 1.165) is 94.6 Å². The highest BCUT2D eigenvalue weighted by atomic mass is 16.3. The molecule has 5 nitrogen and oxygen atoms in total. The molecule has 240 valence electrons. The highest BCUT2D eigenvalue weighted by Gasteiger charge is 2.18. The normalized spacial score (nSPS) is 11.5. The van der Waals surface area contributed by atoms with Crippen molar-refractivity contribution in [1.82, 2.24) is 9.97 Å². The average molecular weight is 656 g/mol. The molecule has 0 amide bonds. The molecule has 4 aromatic heterocycles. The molecule has 0 atom stereocenters. The molecule has 0 unspecified atom stereocenters. The van der Waals surface area contributed by atoms with Gasteiger partial charge in [-0.05, 0) is 83.9 Å². The van der Waals surface area contributed by atoms with Crippen molar-refractivity contribution in [2.45, 2.75) is 0 Å². The topological polar surface area (TPSA) is 55.3 Å². The van der Waals surface area contributed by atoms with Gasteiger partial charge in [0, 0.05) is 55.9 Å². The van der Waals surface area contributed by atoms with Gasteiger partial charge in [-0.2, -0.15) is 0 Å².